The quantitative estimate of drug-likeness (QED) is 0.229. The van der Waals surface area contributed by atoms with Gasteiger partial charge in [-0.15, -0.1) is 0 Å². The molecule has 2 rings (SSSR count). The highest BCUT2D eigenvalue weighted by atomic mass is 32.2. The Kier molecular flexibility index (Phi) is 13.2. The fourth-order valence-electron chi connectivity index (χ4n) is 4.67. The lowest BCUT2D eigenvalue weighted by Gasteiger charge is -2.39. The lowest BCUT2D eigenvalue weighted by Crippen LogP contribution is -2.55. The standard InChI is InChI=1S/C33H49N3O5S/c1-21(2)17-18-24(5)36(31(39)27(19-20-42-9)35-32(40)41-33(6,7)8)28(25-15-12-14-23(4)29(25)37)30(38)34-26-16-11-10-13-22(26)3/h10-16,21,24,27-28,37H,17-20H2,1-9H3,(H,34,38)(H,35,40). The van der Waals surface area contributed by atoms with E-state index in [1.165, 1.54) is 0 Å². The summed E-state index contributed by atoms with van der Waals surface area (Å²) in [7, 11) is 0. The summed E-state index contributed by atoms with van der Waals surface area (Å²) < 4.78 is 5.49. The average molecular weight is 600 g/mol. The van der Waals surface area contributed by atoms with E-state index in [1.54, 1.807) is 68.6 Å². The summed E-state index contributed by atoms with van der Waals surface area (Å²) in [4.78, 5) is 43.2. The number of nitrogens with zero attached hydrogens (tertiary/aromatic N) is 1. The molecule has 42 heavy (non-hydrogen) atoms. The van der Waals surface area contributed by atoms with Gasteiger partial charge in [0.1, 0.15) is 23.4 Å². The van der Waals surface area contributed by atoms with Crippen LogP contribution in [0.1, 0.15) is 83.5 Å². The first-order chi connectivity index (χ1) is 19.7. The Bertz CT molecular complexity index is 1210. The summed E-state index contributed by atoms with van der Waals surface area (Å²) in [5, 5.41) is 17.0. The molecule has 2 aromatic carbocycles. The van der Waals surface area contributed by atoms with Gasteiger partial charge in [0.05, 0.1) is 0 Å². The number of anilines is 1. The number of amides is 3. The molecule has 3 N–H and O–H groups in total. The minimum absolute atomic E-state index is 0.0444. The molecular weight excluding hydrogens is 550 g/mol. The third-order valence-corrected chi connectivity index (χ3v) is 7.63. The highest BCUT2D eigenvalue weighted by Crippen LogP contribution is 2.35. The molecular formula is C33H49N3O5S. The third-order valence-electron chi connectivity index (χ3n) is 6.98. The van der Waals surface area contributed by atoms with E-state index in [9.17, 15) is 19.5 Å². The van der Waals surface area contributed by atoms with Gasteiger partial charge in [-0.2, -0.15) is 11.8 Å². The number of nitrogens with one attached hydrogen (secondary N) is 2. The van der Waals surface area contributed by atoms with Gasteiger partial charge in [0.15, 0.2) is 0 Å². The first kappa shape index (κ1) is 35.0. The Morgan fingerprint density at radius 1 is 0.952 bits per heavy atom. The van der Waals surface area contributed by atoms with Crippen molar-refractivity contribution in [1.29, 1.82) is 0 Å². The van der Waals surface area contributed by atoms with Crippen LogP contribution in [-0.2, 0) is 14.3 Å². The summed E-state index contributed by atoms with van der Waals surface area (Å²) in [6.07, 6.45) is 3.04. The lowest BCUT2D eigenvalue weighted by atomic mass is 9.95. The molecule has 3 unspecified atom stereocenters. The first-order valence-corrected chi connectivity index (χ1v) is 16.0. The Morgan fingerprint density at radius 2 is 1.60 bits per heavy atom. The van der Waals surface area contributed by atoms with E-state index in [4.69, 9.17) is 4.74 Å². The van der Waals surface area contributed by atoms with Crippen LogP contribution in [-0.4, -0.2) is 57.6 Å². The number of thioether (sulfide) groups is 1. The second kappa shape index (κ2) is 15.9. The maximum atomic E-state index is 14.6. The van der Waals surface area contributed by atoms with E-state index in [-0.39, 0.29) is 11.8 Å². The molecule has 0 aliphatic rings. The molecule has 0 saturated heterocycles. The largest absolute Gasteiger partial charge is 0.507 e. The zero-order chi connectivity index (χ0) is 31.6. The van der Waals surface area contributed by atoms with E-state index in [2.05, 4.69) is 24.5 Å². The van der Waals surface area contributed by atoms with Crippen molar-refractivity contribution in [3.8, 4) is 5.75 Å². The second-order valence-electron chi connectivity index (χ2n) is 12.3. The number of alkyl carbamates (subject to hydrolysis) is 1. The number of rotatable bonds is 13. The SMILES string of the molecule is CSCCC(NC(=O)OC(C)(C)C)C(=O)N(C(C)CCC(C)C)C(C(=O)Nc1ccccc1C)c1cccc(C)c1O. The molecule has 0 aromatic heterocycles. The highest BCUT2D eigenvalue weighted by molar-refractivity contribution is 7.98. The van der Waals surface area contributed by atoms with E-state index in [0.717, 1.165) is 12.0 Å². The predicted octanol–water partition coefficient (Wildman–Crippen LogP) is 6.99. The van der Waals surface area contributed by atoms with Gasteiger partial charge in [0.25, 0.3) is 5.91 Å². The zero-order valence-electron chi connectivity index (χ0n) is 26.6. The minimum Gasteiger partial charge on any atom is -0.507 e. The van der Waals surface area contributed by atoms with Crippen molar-refractivity contribution in [2.75, 3.05) is 17.3 Å². The molecule has 3 atom stereocenters. The van der Waals surface area contributed by atoms with Gasteiger partial charge in [-0.25, -0.2) is 4.79 Å². The Labute approximate surface area is 256 Å². The van der Waals surface area contributed by atoms with Crippen molar-refractivity contribution >= 4 is 35.4 Å². The van der Waals surface area contributed by atoms with Gasteiger partial charge >= 0.3 is 6.09 Å². The van der Waals surface area contributed by atoms with Crippen LogP contribution in [0.15, 0.2) is 42.5 Å². The number of carbonyl (C=O) groups excluding carboxylic acids is 3. The first-order valence-electron chi connectivity index (χ1n) is 14.6. The van der Waals surface area contributed by atoms with Crippen molar-refractivity contribution in [2.45, 2.75) is 98.4 Å². The van der Waals surface area contributed by atoms with Crippen molar-refractivity contribution < 1.29 is 24.2 Å². The Hall–Kier alpha value is -3.20. The van der Waals surface area contributed by atoms with Crippen molar-refractivity contribution in [3.05, 3.63) is 59.2 Å². The maximum absolute atomic E-state index is 14.6. The topological polar surface area (TPSA) is 108 Å². The van der Waals surface area contributed by atoms with E-state index < -0.39 is 35.6 Å². The van der Waals surface area contributed by atoms with Gasteiger partial charge in [0.2, 0.25) is 5.91 Å². The van der Waals surface area contributed by atoms with Crippen LogP contribution in [0.2, 0.25) is 0 Å². The molecule has 0 aliphatic heterocycles. The average Bonchev–Trinajstić information content (AvgIpc) is 2.90. The normalized spacial score (nSPS) is 13.7. The summed E-state index contributed by atoms with van der Waals surface area (Å²) in [5.74, 6) is 0.0870. The van der Waals surface area contributed by atoms with Gasteiger partial charge in [-0.05, 0) is 95.9 Å². The zero-order valence-corrected chi connectivity index (χ0v) is 27.4. The fourth-order valence-corrected chi connectivity index (χ4v) is 5.14. The monoisotopic (exact) mass is 599 g/mol. The molecule has 0 bridgehead atoms. The van der Waals surface area contributed by atoms with Crippen LogP contribution in [0.4, 0.5) is 10.5 Å². The molecule has 0 spiro atoms. The van der Waals surface area contributed by atoms with Gasteiger partial charge in [-0.1, -0.05) is 50.2 Å². The Balaban J connectivity index is 2.68. The molecule has 0 fully saturated rings. The fraction of sp³-hybridized carbons (Fsp3) is 0.545. The summed E-state index contributed by atoms with van der Waals surface area (Å²) in [6, 6.07) is 10.1. The number of aryl methyl sites for hydroxylation is 2. The number of hydrogen-bond acceptors (Lipinski definition) is 6. The van der Waals surface area contributed by atoms with Crippen LogP contribution >= 0.6 is 11.8 Å². The third kappa shape index (κ3) is 10.3. The molecule has 9 heteroatoms. The summed E-state index contributed by atoms with van der Waals surface area (Å²) in [6.45, 7) is 15.1. The van der Waals surface area contributed by atoms with Gasteiger partial charge in [0, 0.05) is 17.3 Å². The number of carbonyl (C=O) groups is 3. The Morgan fingerprint density at radius 3 is 2.19 bits per heavy atom. The molecule has 0 heterocycles. The van der Waals surface area contributed by atoms with Crippen LogP contribution in [0.3, 0.4) is 0 Å². The van der Waals surface area contributed by atoms with E-state index in [1.807, 2.05) is 38.3 Å². The van der Waals surface area contributed by atoms with Crippen LogP contribution in [0.5, 0.6) is 5.75 Å². The van der Waals surface area contributed by atoms with E-state index in [0.29, 0.717) is 41.3 Å². The molecule has 8 nitrogen and oxygen atoms in total. The van der Waals surface area contributed by atoms with Crippen molar-refractivity contribution in [1.82, 2.24) is 10.2 Å². The molecule has 2 aromatic rings. The van der Waals surface area contributed by atoms with Crippen molar-refractivity contribution in [2.24, 2.45) is 5.92 Å². The maximum Gasteiger partial charge on any atom is 0.408 e. The second-order valence-corrected chi connectivity index (χ2v) is 13.3. The number of hydrogen-bond donors (Lipinski definition) is 3. The predicted molar refractivity (Wildman–Crippen MR) is 172 cm³/mol. The minimum atomic E-state index is -1.16. The number of aromatic hydroxyl groups is 1. The molecule has 3 amide bonds. The molecule has 0 radical (unpaired) electrons. The lowest BCUT2D eigenvalue weighted by molar-refractivity contribution is -0.143. The number of benzene rings is 2. The number of phenolic OH excluding ortho intramolecular Hbond substituents is 1. The van der Waals surface area contributed by atoms with Crippen LogP contribution in [0, 0.1) is 19.8 Å². The van der Waals surface area contributed by atoms with Crippen LogP contribution < -0.4 is 10.6 Å². The molecule has 0 saturated carbocycles. The van der Waals surface area contributed by atoms with Crippen molar-refractivity contribution in [3.63, 3.8) is 0 Å². The van der Waals surface area contributed by atoms with Crippen LogP contribution in [0.25, 0.3) is 0 Å². The summed E-state index contributed by atoms with van der Waals surface area (Å²) in [5.41, 5.74) is 1.66. The number of phenols is 1. The highest BCUT2D eigenvalue weighted by Gasteiger charge is 2.40. The van der Waals surface area contributed by atoms with Gasteiger partial charge in [-0.3, -0.25) is 9.59 Å². The molecule has 0 aliphatic carbocycles. The smallest absolute Gasteiger partial charge is 0.408 e. The molecule has 232 valence electrons. The van der Waals surface area contributed by atoms with Gasteiger partial charge < -0.3 is 25.4 Å². The summed E-state index contributed by atoms with van der Waals surface area (Å²) >= 11 is 1.56. The number of para-hydroxylation sites is 2. The van der Waals surface area contributed by atoms with E-state index >= 15 is 0 Å². The number of ether oxygens (including phenoxy) is 1.